The van der Waals surface area contributed by atoms with Crippen molar-refractivity contribution in [3.05, 3.63) is 53.1 Å². The Morgan fingerprint density at radius 3 is 2.54 bits per heavy atom. The molecule has 2 heterocycles. The van der Waals surface area contributed by atoms with Gasteiger partial charge in [0.2, 0.25) is 11.8 Å². The van der Waals surface area contributed by atoms with Crippen LogP contribution in [0, 0.1) is 0 Å². The minimum atomic E-state index is -0.733. The number of carbonyl (C=O) groups excluding carboxylic acids is 3. The van der Waals surface area contributed by atoms with Crippen molar-refractivity contribution in [1.29, 1.82) is 0 Å². The maximum absolute atomic E-state index is 13.2. The van der Waals surface area contributed by atoms with Gasteiger partial charge in [0.25, 0.3) is 5.91 Å². The summed E-state index contributed by atoms with van der Waals surface area (Å²) >= 11 is 5.95. The highest BCUT2D eigenvalue weighted by atomic mass is 35.5. The van der Waals surface area contributed by atoms with E-state index in [1.807, 2.05) is 18.2 Å². The molecule has 0 aromatic heterocycles. The van der Waals surface area contributed by atoms with Crippen molar-refractivity contribution in [2.45, 2.75) is 6.04 Å². The number of carbonyl (C=O) groups is 3. The number of nitrogens with two attached hydrogens (primary N) is 1. The van der Waals surface area contributed by atoms with E-state index in [1.165, 1.54) is 9.80 Å². The van der Waals surface area contributed by atoms with Crippen molar-refractivity contribution in [1.82, 2.24) is 9.80 Å². The standard InChI is InChI=1S/C20H19ClN4O3/c21-14-4-1-12(2-5-14)13-3-6-16-15(9-13)20(28)25-8-7-24(18(26)10-22)11-17(25)19(27)23-16/h1-6,9,17H,7-8,10-11,22H2,(H,23,27). The first-order chi connectivity index (χ1) is 13.5. The van der Waals surface area contributed by atoms with Crippen LogP contribution in [0.4, 0.5) is 5.69 Å². The molecule has 28 heavy (non-hydrogen) atoms. The Labute approximate surface area is 167 Å². The highest BCUT2D eigenvalue weighted by Crippen LogP contribution is 2.30. The maximum atomic E-state index is 13.2. The first-order valence-corrected chi connectivity index (χ1v) is 9.35. The molecule has 0 bridgehead atoms. The summed E-state index contributed by atoms with van der Waals surface area (Å²) in [6.07, 6.45) is 0. The molecule has 1 atom stereocenters. The number of fused-ring (bicyclic) bond motifs is 2. The van der Waals surface area contributed by atoms with Crippen molar-refractivity contribution >= 4 is 35.0 Å². The fourth-order valence-electron chi connectivity index (χ4n) is 3.63. The highest BCUT2D eigenvalue weighted by molar-refractivity contribution is 6.30. The van der Waals surface area contributed by atoms with Crippen LogP contribution in [0.2, 0.25) is 5.02 Å². The zero-order chi connectivity index (χ0) is 19.8. The fourth-order valence-corrected chi connectivity index (χ4v) is 3.75. The van der Waals surface area contributed by atoms with Crippen molar-refractivity contribution in [3.8, 4) is 11.1 Å². The van der Waals surface area contributed by atoms with E-state index in [-0.39, 0.29) is 37.4 Å². The van der Waals surface area contributed by atoms with Crippen molar-refractivity contribution in [3.63, 3.8) is 0 Å². The topological polar surface area (TPSA) is 95.7 Å². The van der Waals surface area contributed by atoms with E-state index in [4.69, 9.17) is 17.3 Å². The van der Waals surface area contributed by atoms with Crippen molar-refractivity contribution in [2.75, 3.05) is 31.5 Å². The molecule has 7 nitrogen and oxygen atoms in total. The lowest BCUT2D eigenvalue weighted by Gasteiger charge is -2.39. The summed E-state index contributed by atoms with van der Waals surface area (Å²) in [5.41, 5.74) is 8.11. The first kappa shape index (κ1) is 18.5. The lowest BCUT2D eigenvalue weighted by molar-refractivity contribution is -0.134. The summed E-state index contributed by atoms with van der Waals surface area (Å²) in [7, 11) is 0. The minimum absolute atomic E-state index is 0.118. The van der Waals surface area contributed by atoms with Gasteiger partial charge in [-0.15, -0.1) is 0 Å². The number of nitrogens with one attached hydrogen (secondary N) is 1. The van der Waals surface area contributed by atoms with Gasteiger partial charge in [0.1, 0.15) is 6.04 Å². The molecule has 2 aliphatic heterocycles. The number of hydrogen-bond donors (Lipinski definition) is 2. The lowest BCUT2D eigenvalue weighted by atomic mass is 10.0. The number of piperazine rings is 1. The molecule has 0 radical (unpaired) electrons. The van der Waals surface area contributed by atoms with Gasteiger partial charge in [0.05, 0.1) is 24.3 Å². The number of amides is 3. The normalized spacial score (nSPS) is 18.9. The summed E-state index contributed by atoms with van der Waals surface area (Å²) in [5.74, 6) is -0.762. The third kappa shape index (κ3) is 3.23. The third-order valence-corrected chi connectivity index (χ3v) is 5.41. The van der Waals surface area contributed by atoms with E-state index < -0.39 is 6.04 Å². The Morgan fingerprint density at radius 2 is 1.82 bits per heavy atom. The molecule has 0 saturated carbocycles. The molecule has 144 valence electrons. The van der Waals surface area contributed by atoms with Crippen LogP contribution in [0.25, 0.3) is 11.1 Å². The largest absolute Gasteiger partial charge is 0.337 e. The van der Waals surface area contributed by atoms with E-state index in [1.54, 1.807) is 24.3 Å². The van der Waals surface area contributed by atoms with E-state index in [0.29, 0.717) is 22.8 Å². The summed E-state index contributed by atoms with van der Waals surface area (Å²) in [6.45, 7) is 0.670. The van der Waals surface area contributed by atoms with Crippen molar-refractivity contribution < 1.29 is 14.4 Å². The zero-order valence-electron chi connectivity index (χ0n) is 15.0. The predicted molar refractivity (Wildman–Crippen MR) is 106 cm³/mol. The summed E-state index contributed by atoms with van der Waals surface area (Å²) in [5, 5.41) is 3.46. The number of benzene rings is 2. The Kier molecular flexibility index (Phi) is 4.78. The Morgan fingerprint density at radius 1 is 1.11 bits per heavy atom. The van der Waals surface area contributed by atoms with E-state index in [2.05, 4.69) is 5.32 Å². The van der Waals surface area contributed by atoms with Crippen LogP contribution in [0.5, 0.6) is 0 Å². The third-order valence-electron chi connectivity index (χ3n) is 5.16. The molecule has 0 spiro atoms. The summed E-state index contributed by atoms with van der Waals surface area (Å²) in [6, 6.07) is 12.0. The molecule has 8 heteroatoms. The number of rotatable bonds is 2. The van der Waals surface area contributed by atoms with Gasteiger partial charge in [-0.3, -0.25) is 14.4 Å². The molecule has 4 rings (SSSR count). The number of nitrogens with zero attached hydrogens (tertiary/aromatic N) is 2. The number of halogens is 1. The average molecular weight is 399 g/mol. The lowest BCUT2D eigenvalue weighted by Crippen LogP contribution is -2.60. The first-order valence-electron chi connectivity index (χ1n) is 8.97. The number of hydrogen-bond acceptors (Lipinski definition) is 4. The van der Waals surface area contributed by atoms with Gasteiger partial charge >= 0.3 is 0 Å². The Hall–Kier alpha value is -2.90. The molecule has 2 aromatic rings. The van der Waals surface area contributed by atoms with Gasteiger partial charge in [-0.2, -0.15) is 0 Å². The number of anilines is 1. The van der Waals surface area contributed by atoms with Crippen LogP contribution in [0.3, 0.4) is 0 Å². The van der Waals surface area contributed by atoms with Crippen LogP contribution in [0.15, 0.2) is 42.5 Å². The van der Waals surface area contributed by atoms with Gasteiger partial charge in [0.15, 0.2) is 0 Å². The molecular formula is C20H19ClN4O3. The van der Waals surface area contributed by atoms with Gasteiger partial charge in [-0.1, -0.05) is 29.8 Å². The van der Waals surface area contributed by atoms with E-state index >= 15 is 0 Å². The molecule has 1 saturated heterocycles. The second kappa shape index (κ2) is 7.26. The monoisotopic (exact) mass is 398 g/mol. The molecular weight excluding hydrogens is 380 g/mol. The quantitative estimate of drug-likeness (QED) is 0.802. The molecule has 0 aliphatic carbocycles. The van der Waals surface area contributed by atoms with Crippen molar-refractivity contribution in [2.24, 2.45) is 5.73 Å². The minimum Gasteiger partial charge on any atom is -0.337 e. The van der Waals surface area contributed by atoms with Crippen LogP contribution >= 0.6 is 11.6 Å². The second-order valence-corrected chi connectivity index (χ2v) is 7.25. The summed E-state index contributed by atoms with van der Waals surface area (Å²) < 4.78 is 0. The SMILES string of the molecule is NCC(=O)N1CCN2C(=O)c3cc(-c4ccc(Cl)cc4)ccc3NC(=O)C2C1. The molecule has 3 amide bonds. The Balaban J connectivity index is 1.68. The van der Waals surface area contributed by atoms with E-state index in [9.17, 15) is 14.4 Å². The van der Waals surface area contributed by atoms with Crippen LogP contribution < -0.4 is 11.1 Å². The molecule has 3 N–H and O–H groups in total. The zero-order valence-corrected chi connectivity index (χ0v) is 15.8. The second-order valence-electron chi connectivity index (χ2n) is 6.81. The molecule has 1 unspecified atom stereocenters. The van der Waals surface area contributed by atoms with Crippen LogP contribution in [0.1, 0.15) is 10.4 Å². The molecule has 2 aromatic carbocycles. The predicted octanol–water partition coefficient (Wildman–Crippen LogP) is 1.57. The van der Waals surface area contributed by atoms with Gasteiger partial charge in [0, 0.05) is 18.1 Å². The van der Waals surface area contributed by atoms with Gasteiger partial charge in [-0.05, 0) is 35.4 Å². The fraction of sp³-hybridized carbons (Fsp3) is 0.250. The van der Waals surface area contributed by atoms with Gasteiger partial charge in [-0.25, -0.2) is 0 Å². The highest BCUT2D eigenvalue weighted by Gasteiger charge is 2.40. The smallest absolute Gasteiger partial charge is 0.256 e. The molecule has 1 fully saturated rings. The Bertz CT molecular complexity index is 960. The molecule has 2 aliphatic rings. The maximum Gasteiger partial charge on any atom is 0.256 e. The van der Waals surface area contributed by atoms with Crippen LogP contribution in [-0.4, -0.2) is 59.7 Å². The van der Waals surface area contributed by atoms with Gasteiger partial charge < -0.3 is 20.9 Å². The van der Waals surface area contributed by atoms with Crippen LogP contribution in [-0.2, 0) is 9.59 Å². The van der Waals surface area contributed by atoms with E-state index in [0.717, 1.165) is 11.1 Å². The average Bonchev–Trinajstić information content (AvgIpc) is 2.82. The summed E-state index contributed by atoms with van der Waals surface area (Å²) in [4.78, 5) is 40.9.